The van der Waals surface area contributed by atoms with Crippen LogP contribution in [-0.4, -0.2) is 34.1 Å². The fourth-order valence-electron chi connectivity index (χ4n) is 3.01. The summed E-state index contributed by atoms with van der Waals surface area (Å²) in [4.78, 5) is 0. The van der Waals surface area contributed by atoms with Crippen molar-refractivity contribution in [1.82, 2.24) is 5.43 Å². The number of ether oxygens (including phenoxy) is 1. The molecule has 1 aliphatic rings. The zero-order valence-corrected chi connectivity index (χ0v) is 23.8. The van der Waals surface area contributed by atoms with Crippen LogP contribution in [0.1, 0.15) is 51.2 Å². The van der Waals surface area contributed by atoms with Crippen molar-refractivity contribution in [1.29, 1.82) is 0 Å². The van der Waals surface area contributed by atoms with Gasteiger partial charge in [-0.3, -0.25) is 5.84 Å². The molecule has 8 nitrogen and oxygen atoms in total. The Morgan fingerprint density at radius 2 is 1.62 bits per heavy atom. The highest BCUT2D eigenvalue weighted by Crippen LogP contribution is 2.25. The number of benzene rings is 2. The van der Waals surface area contributed by atoms with E-state index in [0.717, 1.165) is 19.3 Å². The van der Waals surface area contributed by atoms with Gasteiger partial charge in [0.1, 0.15) is 17.1 Å². The van der Waals surface area contributed by atoms with Gasteiger partial charge in [-0.05, 0) is 69.7 Å². The number of nitrogens with two attached hydrogens (primary N) is 4. The lowest BCUT2D eigenvalue weighted by molar-refractivity contribution is -0.0764. The van der Waals surface area contributed by atoms with E-state index in [2.05, 4.69) is 5.43 Å². The van der Waals surface area contributed by atoms with E-state index in [-0.39, 0.29) is 23.8 Å². The summed E-state index contributed by atoms with van der Waals surface area (Å²) in [6.07, 6.45) is 9.00. The van der Waals surface area contributed by atoms with Crippen molar-refractivity contribution in [2.24, 2.45) is 23.0 Å². The van der Waals surface area contributed by atoms with Gasteiger partial charge >= 0.3 is 0 Å². The smallest absolute Gasteiger partial charge is 0.123 e. The first kappa shape index (κ1) is 35.8. The summed E-state index contributed by atoms with van der Waals surface area (Å²) in [6.45, 7) is 5.58. The predicted octanol–water partition coefficient (Wildman–Crippen LogP) is 4.68. The summed E-state index contributed by atoms with van der Waals surface area (Å²) in [6, 6.07) is 11.9. The van der Waals surface area contributed by atoms with Crippen LogP contribution in [0.2, 0.25) is 0 Å². The first-order valence-electron chi connectivity index (χ1n) is 12.3. The Morgan fingerprint density at radius 1 is 1.08 bits per heavy atom. The molecule has 3 atom stereocenters. The molecule has 1 heterocycles. The highest BCUT2D eigenvalue weighted by molar-refractivity contribution is 7.99. The van der Waals surface area contributed by atoms with E-state index in [9.17, 15) is 13.9 Å². The van der Waals surface area contributed by atoms with Gasteiger partial charge in [0.15, 0.2) is 0 Å². The van der Waals surface area contributed by atoms with Crippen LogP contribution >= 0.6 is 11.8 Å². The molecule has 1 saturated heterocycles. The second-order valence-corrected chi connectivity index (χ2v) is 9.31. The first-order chi connectivity index (χ1) is 18.5. The van der Waals surface area contributed by atoms with E-state index in [1.165, 1.54) is 36.7 Å². The van der Waals surface area contributed by atoms with Gasteiger partial charge in [0.2, 0.25) is 0 Å². The molecule has 1 fully saturated rings. The molecule has 3 unspecified atom stereocenters. The van der Waals surface area contributed by atoms with Crippen LogP contribution in [0.4, 0.5) is 8.78 Å². The average molecular weight is 568 g/mol. The number of rotatable bonds is 5. The molecule has 2 aromatic rings. The molecule has 0 bridgehead atoms. The fourth-order valence-corrected chi connectivity index (χ4v) is 3.67. The zero-order valence-electron chi connectivity index (χ0n) is 23.0. The lowest BCUT2D eigenvalue weighted by atomic mass is 10.1. The van der Waals surface area contributed by atoms with Crippen molar-refractivity contribution in [3.63, 3.8) is 0 Å². The van der Waals surface area contributed by atoms with E-state index in [1.807, 2.05) is 20.1 Å². The SMILES string of the molecule is CC/C=C(/C)O.CSC1CCC(O)C(C)O1.N/C=C(\N)c1cccc(F)c1.NN/C=C(\N)c1cccc(F)c1. The van der Waals surface area contributed by atoms with Gasteiger partial charge < -0.3 is 37.6 Å². The summed E-state index contributed by atoms with van der Waals surface area (Å²) in [7, 11) is 0. The number of nitrogens with one attached hydrogen (secondary N) is 1. The maximum absolute atomic E-state index is 12.6. The van der Waals surface area contributed by atoms with Crippen molar-refractivity contribution in [2.45, 2.75) is 57.7 Å². The van der Waals surface area contributed by atoms with E-state index in [4.69, 9.17) is 32.9 Å². The fraction of sp³-hybridized carbons (Fsp3) is 0.357. The normalized spacial score (nSPS) is 19.3. The minimum absolute atomic E-state index is 0.0196. The number of hydrogen-bond donors (Lipinski definition) is 7. The Balaban J connectivity index is 0.000000507. The average Bonchev–Trinajstić information content (AvgIpc) is 2.91. The molecule has 11 heteroatoms. The number of allylic oxidation sites excluding steroid dienone is 2. The molecule has 0 saturated carbocycles. The largest absolute Gasteiger partial charge is 0.513 e. The van der Waals surface area contributed by atoms with Crippen LogP contribution in [0, 0.1) is 11.6 Å². The molecule has 0 radical (unpaired) electrons. The summed E-state index contributed by atoms with van der Waals surface area (Å²) >= 11 is 1.72. The van der Waals surface area contributed by atoms with Crippen LogP contribution in [0.15, 0.2) is 72.8 Å². The van der Waals surface area contributed by atoms with Crippen molar-refractivity contribution in [3.8, 4) is 0 Å². The number of halogens is 2. The molecule has 0 amide bonds. The Labute approximate surface area is 234 Å². The molecule has 0 aliphatic carbocycles. The molecular weight excluding hydrogens is 524 g/mol. The van der Waals surface area contributed by atoms with Gasteiger partial charge in [0, 0.05) is 23.5 Å². The highest BCUT2D eigenvalue weighted by atomic mass is 32.2. The van der Waals surface area contributed by atoms with Crippen LogP contribution in [0.25, 0.3) is 11.4 Å². The topological polar surface area (TPSA) is 166 Å². The van der Waals surface area contributed by atoms with Crippen LogP contribution < -0.4 is 28.5 Å². The number of aliphatic hydroxyl groups is 2. The summed E-state index contributed by atoms with van der Waals surface area (Å²) in [5, 5.41) is 17.7. The Kier molecular flexibility index (Phi) is 19.0. The predicted molar refractivity (Wildman–Crippen MR) is 158 cm³/mol. The third kappa shape index (κ3) is 16.3. The standard InChI is InChI=1S/C8H10FN3.C8H9FN2.C7H14O2S.C5H10O/c9-7-3-1-2-6(4-7)8(10)5-12-11;9-7-3-1-2-6(4-7)8(11)5-10;1-5-6(8)3-4-7(9-5)10-2;1-3-4-5(2)6/h1-5,12H,10-11H2;1-5H,10-11H2;5-8H,3-4H2,1-2H3;4,6H,3H2,1-2H3/b2*8-5-;;5-4-. The molecule has 2 aromatic carbocycles. The third-order valence-corrected chi connectivity index (χ3v) is 5.98. The van der Waals surface area contributed by atoms with Gasteiger partial charge in [-0.25, -0.2) is 8.78 Å². The van der Waals surface area contributed by atoms with E-state index in [0.29, 0.717) is 33.7 Å². The van der Waals surface area contributed by atoms with Crippen molar-refractivity contribution in [2.75, 3.05) is 6.26 Å². The second kappa shape index (κ2) is 20.7. The quantitative estimate of drug-likeness (QED) is 0.154. The number of thioether (sulfide) groups is 1. The molecule has 11 N–H and O–H groups in total. The second-order valence-electron chi connectivity index (χ2n) is 8.31. The lowest BCUT2D eigenvalue weighted by Crippen LogP contribution is -2.35. The third-order valence-electron chi connectivity index (χ3n) is 5.10. The van der Waals surface area contributed by atoms with Gasteiger partial charge in [0.05, 0.1) is 29.4 Å². The van der Waals surface area contributed by atoms with Gasteiger partial charge in [-0.2, -0.15) is 0 Å². The minimum Gasteiger partial charge on any atom is -0.513 e. The van der Waals surface area contributed by atoms with E-state index >= 15 is 0 Å². The summed E-state index contributed by atoms with van der Waals surface area (Å²) < 4.78 is 30.6. The van der Waals surface area contributed by atoms with E-state index < -0.39 is 0 Å². The van der Waals surface area contributed by atoms with Gasteiger partial charge in [-0.15, -0.1) is 11.8 Å². The molecule has 0 spiro atoms. The minimum atomic E-state index is -0.319. The Bertz CT molecular complexity index is 1050. The van der Waals surface area contributed by atoms with Crippen molar-refractivity contribution in [3.05, 3.63) is 95.5 Å². The molecule has 1 aliphatic heterocycles. The Morgan fingerprint density at radius 3 is 1.97 bits per heavy atom. The maximum atomic E-state index is 12.6. The van der Waals surface area contributed by atoms with Gasteiger partial charge in [-0.1, -0.05) is 31.2 Å². The van der Waals surface area contributed by atoms with Crippen molar-refractivity contribution >= 4 is 23.2 Å². The summed E-state index contributed by atoms with van der Waals surface area (Å²) in [5.74, 6) is 4.79. The first-order valence-corrected chi connectivity index (χ1v) is 13.6. The van der Waals surface area contributed by atoms with Crippen LogP contribution in [-0.2, 0) is 4.74 Å². The summed E-state index contributed by atoms with van der Waals surface area (Å²) in [5.41, 5.74) is 20.7. The highest BCUT2D eigenvalue weighted by Gasteiger charge is 2.25. The zero-order chi connectivity index (χ0) is 29.8. The molecule has 39 heavy (non-hydrogen) atoms. The van der Waals surface area contributed by atoms with Crippen molar-refractivity contribution < 1.29 is 23.7 Å². The lowest BCUT2D eigenvalue weighted by Gasteiger charge is -2.30. The van der Waals surface area contributed by atoms with E-state index in [1.54, 1.807) is 49.0 Å². The molecule has 0 aromatic heterocycles. The molecule has 218 valence electrons. The van der Waals surface area contributed by atoms with Gasteiger partial charge in [0.25, 0.3) is 0 Å². The number of aliphatic hydroxyl groups excluding tert-OH is 2. The van der Waals surface area contributed by atoms with Crippen LogP contribution in [0.3, 0.4) is 0 Å². The number of hydrogen-bond acceptors (Lipinski definition) is 9. The van der Waals surface area contributed by atoms with Crippen LogP contribution in [0.5, 0.6) is 0 Å². The Hall–Kier alpha value is -3.25. The maximum Gasteiger partial charge on any atom is 0.123 e. The monoisotopic (exact) mass is 567 g/mol. The molecular formula is C28H43F2N5O3S. The molecule has 3 rings (SSSR count). The number of hydrazine groups is 1.